The number of likely N-dealkylation sites (tertiary alicyclic amines) is 1. The van der Waals surface area contributed by atoms with Gasteiger partial charge < -0.3 is 29.9 Å². The van der Waals surface area contributed by atoms with Crippen molar-refractivity contribution in [1.82, 2.24) is 15.1 Å². The average Bonchev–Trinajstić information content (AvgIpc) is 3.67. The van der Waals surface area contributed by atoms with Gasteiger partial charge in [0.1, 0.15) is 23.1 Å². The highest BCUT2D eigenvalue weighted by Gasteiger charge is 2.72. The Labute approximate surface area is 253 Å². The number of likely N-dealkylation sites (N-methyl/N-ethyl adjacent to an activating group) is 1. The van der Waals surface area contributed by atoms with E-state index >= 15 is 0 Å². The minimum atomic E-state index is -1.15. The molecule has 3 heterocycles. The van der Waals surface area contributed by atoms with Crippen LogP contribution in [0.3, 0.4) is 0 Å². The van der Waals surface area contributed by atoms with Crippen LogP contribution in [0.25, 0.3) is 0 Å². The first-order valence-corrected chi connectivity index (χ1v) is 15.8. The van der Waals surface area contributed by atoms with Crippen molar-refractivity contribution in [1.29, 1.82) is 0 Å². The Morgan fingerprint density at radius 1 is 0.977 bits per heavy atom. The lowest BCUT2D eigenvalue weighted by atomic mass is 9.74. The molecule has 6 rings (SSSR count). The van der Waals surface area contributed by atoms with E-state index in [0.29, 0.717) is 24.5 Å². The van der Waals surface area contributed by atoms with Crippen LogP contribution in [0.4, 0.5) is 5.69 Å². The highest BCUT2D eigenvalue weighted by Crippen LogP contribution is 2.55. The average molecular weight is 587 g/mol. The number of nitrogens with zero attached hydrogens (tertiary/aromatic N) is 2. The highest BCUT2D eigenvalue weighted by atomic mass is 16.5. The number of anilines is 1. The number of benzene rings is 2. The van der Waals surface area contributed by atoms with E-state index in [1.54, 1.807) is 29.2 Å². The van der Waals surface area contributed by atoms with E-state index in [1.165, 1.54) is 6.42 Å². The number of rotatable bonds is 11. The summed E-state index contributed by atoms with van der Waals surface area (Å²) < 4.78 is 12.4. The van der Waals surface area contributed by atoms with Crippen molar-refractivity contribution in [2.45, 2.75) is 69.7 Å². The normalized spacial score (nSPS) is 27.9. The second-order valence-electron chi connectivity index (χ2n) is 12.0. The van der Waals surface area contributed by atoms with Crippen LogP contribution in [0.2, 0.25) is 0 Å². The van der Waals surface area contributed by atoms with Gasteiger partial charge in [-0.15, -0.1) is 0 Å². The molecule has 2 bridgehead atoms. The molecule has 2 N–H and O–H groups in total. The second-order valence-corrected chi connectivity index (χ2v) is 12.0. The SMILES string of the molecule is CCN(CC)CCN1C(=O)[C@H]2[C@H](C(=O)Nc3ccc(Oc4ccccc4)cc3)[C@H]3C=C[C@@]2(O3)[C@@H]1C(=O)NC1CCCCC1. The van der Waals surface area contributed by atoms with Crippen molar-refractivity contribution in [2.75, 3.05) is 31.5 Å². The highest BCUT2D eigenvalue weighted by molar-refractivity contribution is 6.02. The van der Waals surface area contributed by atoms with Gasteiger partial charge in [-0.25, -0.2) is 0 Å². The molecule has 9 heteroatoms. The minimum absolute atomic E-state index is 0.104. The summed E-state index contributed by atoms with van der Waals surface area (Å²) in [6, 6.07) is 15.9. The van der Waals surface area contributed by atoms with Gasteiger partial charge in [0.25, 0.3) is 0 Å². The van der Waals surface area contributed by atoms with E-state index in [-0.39, 0.29) is 23.8 Å². The zero-order valence-electron chi connectivity index (χ0n) is 25.0. The fraction of sp³-hybridized carbons (Fsp3) is 0.500. The van der Waals surface area contributed by atoms with Crippen molar-refractivity contribution < 1.29 is 23.9 Å². The molecule has 3 fully saturated rings. The van der Waals surface area contributed by atoms with Crippen LogP contribution >= 0.6 is 0 Å². The Morgan fingerprint density at radius 3 is 2.37 bits per heavy atom. The predicted molar refractivity (Wildman–Crippen MR) is 164 cm³/mol. The lowest BCUT2D eigenvalue weighted by Gasteiger charge is -2.34. The maximum atomic E-state index is 14.2. The lowest BCUT2D eigenvalue weighted by Crippen LogP contribution is -2.57. The molecule has 0 unspecified atom stereocenters. The summed E-state index contributed by atoms with van der Waals surface area (Å²) in [5.74, 6) is -0.775. The minimum Gasteiger partial charge on any atom is -0.457 e. The van der Waals surface area contributed by atoms with Crippen molar-refractivity contribution in [3.8, 4) is 11.5 Å². The molecule has 4 aliphatic rings. The molecule has 3 amide bonds. The summed E-state index contributed by atoms with van der Waals surface area (Å²) in [6.45, 7) is 6.93. The second kappa shape index (κ2) is 12.5. The van der Waals surface area contributed by atoms with Gasteiger partial charge >= 0.3 is 0 Å². The number of hydrogen-bond donors (Lipinski definition) is 2. The summed E-state index contributed by atoms with van der Waals surface area (Å²) >= 11 is 0. The number of nitrogens with one attached hydrogen (secondary N) is 2. The largest absolute Gasteiger partial charge is 0.457 e. The Hall–Kier alpha value is -3.69. The van der Waals surface area contributed by atoms with E-state index in [0.717, 1.165) is 44.5 Å². The molecule has 0 aromatic heterocycles. The number of ether oxygens (including phenoxy) is 2. The fourth-order valence-corrected chi connectivity index (χ4v) is 7.28. The van der Waals surface area contributed by atoms with Crippen molar-refractivity contribution in [3.05, 3.63) is 66.7 Å². The Balaban J connectivity index is 1.21. The van der Waals surface area contributed by atoms with Crippen LogP contribution < -0.4 is 15.4 Å². The third-order valence-corrected chi connectivity index (χ3v) is 9.53. The number of fused-ring (bicyclic) bond motifs is 1. The molecule has 0 radical (unpaired) electrons. The van der Waals surface area contributed by atoms with Crippen LogP contribution in [0.1, 0.15) is 46.0 Å². The molecular formula is C34H42N4O5. The van der Waals surface area contributed by atoms with Gasteiger partial charge in [0.2, 0.25) is 17.7 Å². The summed E-state index contributed by atoms with van der Waals surface area (Å²) in [5, 5.41) is 6.25. The predicted octanol–water partition coefficient (Wildman–Crippen LogP) is 4.36. The van der Waals surface area contributed by atoms with E-state index in [4.69, 9.17) is 9.47 Å². The smallest absolute Gasteiger partial charge is 0.246 e. The molecule has 3 aliphatic heterocycles. The standard InChI is InChI=1S/C34H42N4O5/c1-3-37(4-2)21-22-38-30(32(40)36-23-11-7-5-8-12-23)34-20-19-27(43-34)28(29(34)33(38)41)31(39)35-24-15-17-26(18-16-24)42-25-13-9-6-10-14-25/h6,9-10,13-20,23,27-30H,3-5,7-8,11-12,21-22H2,1-2H3,(H,35,39)(H,36,40)/t27-,28-,29-,30+,34+/m1/s1. The van der Waals surface area contributed by atoms with Gasteiger partial charge in [-0.1, -0.05) is 63.5 Å². The van der Waals surface area contributed by atoms with Gasteiger partial charge in [-0.05, 0) is 62.3 Å². The summed E-state index contributed by atoms with van der Waals surface area (Å²) in [4.78, 5) is 45.8. The molecule has 2 aromatic rings. The molecule has 2 saturated heterocycles. The van der Waals surface area contributed by atoms with Gasteiger partial charge in [-0.2, -0.15) is 0 Å². The third-order valence-electron chi connectivity index (χ3n) is 9.53. The zero-order chi connectivity index (χ0) is 30.0. The van der Waals surface area contributed by atoms with Crippen molar-refractivity contribution in [2.24, 2.45) is 11.8 Å². The van der Waals surface area contributed by atoms with Gasteiger partial charge in [-0.3, -0.25) is 14.4 Å². The Morgan fingerprint density at radius 2 is 1.67 bits per heavy atom. The van der Waals surface area contributed by atoms with Crippen molar-refractivity contribution >= 4 is 23.4 Å². The molecule has 2 aromatic carbocycles. The van der Waals surface area contributed by atoms with Crippen molar-refractivity contribution in [3.63, 3.8) is 0 Å². The first-order chi connectivity index (χ1) is 20.9. The topological polar surface area (TPSA) is 100 Å². The van der Waals surface area contributed by atoms with Crippen LogP contribution in [-0.2, 0) is 19.1 Å². The summed E-state index contributed by atoms with van der Waals surface area (Å²) in [6.07, 6.45) is 8.43. The third kappa shape index (κ3) is 5.68. The number of carbonyl (C=O) groups is 3. The van der Waals surface area contributed by atoms with Crippen LogP contribution in [-0.4, -0.2) is 77.5 Å². The van der Waals surface area contributed by atoms with Gasteiger partial charge in [0, 0.05) is 24.8 Å². The monoisotopic (exact) mass is 586 g/mol. The maximum absolute atomic E-state index is 14.2. The molecule has 43 heavy (non-hydrogen) atoms. The van der Waals surface area contributed by atoms with E-state index in [1.807, 2.05) is 42.5 Å². The molecule has 1 spiro atoms. The number of hydrogen-bond acceptors (Lipinski definition) is 6. The summed E-state index contributed by atoms with van der Waals surface area (Å²) in [7, 11) is 0. The maximum Gasteiger partial charge on any atom is 0.246 e. The summed E-state index contributed by atoms with van der Waals surface area (Å²) in [5.41, 5.74) is -0.555. The quantitative estimate of drug-likeness (QED) is 0.380. The molecule has 9 nitrogen and oxygen atoms in total. The lowest BCUT2D eigenvalue weighted by molar-refractivity contribution is -0.141. The molecule has 1 aliphatic carbocycles. The van der Waals surface area contributed by atoms with Crippen LogP contribution in [0, 0.1) is 11.8 Å². The van der Waals surface area contributed by atoms with Gasteiger partial charge in [0.05, 0.1) is 17.9 Å². The Kier molecular flexibility index (Phi) is 8.54. The number of amides is 3. The number of carbonyl (C=O) groups excluding carboxylic acids is 3. The molecule has 228 valence electrons. The molecule has 5 atom stereocenters. The zero-order valence-corrected chi connectivity index (χ0v) is 25.0. The van der Waals surface area contributed by atoms with E-state index in [2.05, 4.69) is 29.4 Å². The van der Waals surface area contributed by atoms with E-state index < -0.39 is 29.6 Å². The van der Waals surface area contributed by atoms with E-state index in [9.17, 15) is 14.4 Å². The first-order valence-electron chi connectivity index (χ1n) is 15.8. The first kappa shape index (κ1) is 29.4. The Bertz CT molecular complexity index is 1340. The van der Waals surface area contributed by atoms with Crippen LogP contribution in [0.5, 0.6) is 11.5 Å². The fourth-order valence-electron chi connectivity index (χ4n) is 7.28. The van der Waals surface area contributed by atoms with Gasteiger partial charge in [0.15, 0.2) is 0 Å². The van der Waals surface area contributed by atoms with Crippen LogP contribution in [0.15, 0.2) is 66.7 Å². The molecule has 1 saturated carbocycles. The molecular weight excluding hydrogens is 544 g/mol. The number of para-hydroxylation sites is 1.